The molecular weight excluding hydrogens is 257 g/mol. The van der Waals surface area contributed by atoms with E-state index in [0.717, 1.165) is 10.0 Å². The van der Waals surface area contributed by atoms with Gasteiger partial charge >= 0.3 is 0 Å². The number of nitrogens with one attached hydrogen (secondary N) is 1. The largest absolute Gasteiger partial charge is 0.307 e. The summed E-state index contributed by atoms with van der Waals surface area (Å²) in [5.74, 6) is -0.135. The van der Waals surface area contributed by atoms with Gasteiger partial charge < -0.3 is 5.32 Å². The molecule has 0 amide bonds. The second-order valence-electron chi connectivity index (χ2n) is 4.18. The minimum Gasteiger partial charge on any atom is -0.307 e. The van der Waals surface area contributed by atoms with Gasteiger partial charge in [-0.05, 0) is 31.9 Å². The Labute approximate surface area is 98.2 Å². The van der Waals surface area contributed by atoms with Crippen LogP contribution in [-0.4, -0.2) is 6.04 Å². The normalized spacial score (nSPS) is 18.6. The first kappa shape index (κ1) is 11.1. The highest BCUT2D eigenvalue weighted by Gasteiger charge is 2.20. The van der Waals surface area contributed by atoms with Crippen LogP contribution in [0.4, 0.5) is 4.39 Å². The molecule has 1 aromatic carbocycles. The lowest BCUT2D eigenvalue weighted by Gasteiger charge is -2.30. The highest BCUT2D eigenvalue weighted by atomic mass is 79.9. The van der Waals surface area contributed by atoms with Gasteiger partial charge in [0.15, 0.2) is 0 Å². The molecule has 1 aliphatic rings. The van der Waals surface area contributed by atoms with Crippen LogP contribution in [0.5, 0.6) is 0 Å². The zero-order chi connectivity index (χ0) is 10.8. The summed E-state index contributed by atoms with van der Waals surface area (Å²) in [6.07, 6.45) is 3.75. The standard InChI is InChI=1S/C12H15BrFN/c1-8(15-10-3-2-4-10)11-6-5-9(13)7-12(11)14/h5-8,10,15H,2-4H2,1H3. The monoisotopic (exact) mass is 271 g/mol. The van der Waals surface area contributed by atoms with E-state index < -0.39 is 0 Å². The summed E-state index contributed by atoms with van der Waals surface area (Å²) in [4.78, 5) is 0. The molecule has 0 aromatic heterocycles. The van der Waals surface area contributed by atoms with Crippen LogP contribution in [0.2, 0.25) is 0 Å². The second kappa shape index (κ2) is 4.62. The van der Waals surface area contributed by atoms with Gasteiger partial charge in [-0.1, -0.05) is 28.4 Å². The summed E-state index contributed by atoms with van der Waals surface area (Å²) in [7, 11) is 0. The van der Waals surface area contributed by atoms with Crippen molar-refractivity contribution in [1.29, 1.82) is 0 Å². The molecule has 0 spiro atoms. The zero-order valence-electron chi connectivity index (χ0n) is 8.76. The quantitative estimate of drug-likeness (QED) is 0.882. The lowest BCUT2D eigenvalue weighted by molar-refractivity contribution is 0.310. The fourth-order valence-electron chi connectivity index (χ4n) is 1.87. The molecule has 1 saturated carbocycles. The van der Waals surface area contributed by atoms with Gasteiger partial charge in [-0.25, -0.2) is 4.39 Å². The molecular formula is C12H15BrFN. The zero-order valence-corrected chi connectivity index (χ0v) is 10.3. The molecule has 1 N–H and O–H groups in total. The van der Waals surface area contributed by atoms with E-state index in [9.17, 15) is 4.39 Å². The molecule has 1 fully saturated rings. The van der Waals surface area contributed by atoms with Crippen molar-refractivity contribution in [2.45, 2.75) is 38.3 Å². The second-order valence-corrected chi connectivity index (χ2v) is 5.10. The molecule has 0 radical (unpaired) electrons. The van der Waals surface area contributed by atoms with Crippen molar-refractivity contribution >= 4 is 15.9 Å². The summed E-state index contributed by atoms with van der Waals surface area (Å²) < 4.78 is 14.4. The molecule has 0 bridgehead atoms. The molecule has 1 unspecified atom stereocenters. The third kappa shape index (κ3) is 2.58. The van der Waals surface area contributed by atoms with Crippen LogP contribution < -0.4 is 5.32 Å². The van der Waals surface area contributed by atoms with Crippen LogP contribution in [0.1, 0.15) is 37.8 Å². The average Bonchev–Trinajstić information content (AvgIpc) is 2.11. The molecule has 0 saturated heterocycles. The minimum atomic E-state index is -0.135. The molecule has 1 aliphatic carbocycles. The van der Waals surface area contributed by atoms with Crippen LogP contribution in [-0.2, 0) is 0 Å². The van der Waals surface area contributed by atoms with E-state index in [1.54, 1.807) is 0 Å². The third-order valence-electron chi connectivity index (χ3n) is 3.02. The molecule has 1 nitrogen and oxygen atoms in total. The topological polar surface area (TPSA) is 12.0 Å². The fraction of sp³-hybridized carbons (Fsp3) is 0.500. The number of halogens is 2. The van der Waals surface area contributed by atoms with E-state index in [1.807, 2.05) is 19.1 Å². The maximum atomic E-state index is 13.6. The third-order valence-corrected chi connectivity index (χ3v) is 3.51. The van der Waals surface area contributed by atoms with E-state index in [4.69, 9.17) is 0 Å². The molecule has 2 rings (SSSR count). The van der Waals surface area contributed by atoms with Crippen LogP contribution in [0.3, 0.4) is 0 Å². The van der Waals surface area contributed by atoms with Crippen LogP contribution in [0.25, 0.3) is 0 Å². The van der Waals surface area contributed by atoms with Gasteiger partial charge in [0.25, 0.3) is 0 Å². The van der Waals surface area contributed by atoms with Crippen molar-refractivity contribution in [2.75, 3.05) is 0 Å². The summed E-state index contributed by atoms with van der Waals surface area (Å²) in [5, 5.41) is 3.44. The number of hydrogen-bond acceptors (Lipinski definition) is 1. The number of hydrogen-bond donors (Lipinski definition) is 1. The van der Waals surface area contributed by atoms with Crippen molar-refractivity contribution in [1.82, 2.24) is 5.32 Å². The molecule has 1 aromatic rings. The molecule has 82 valence electrons. The Morgan fingerprint density at radius 1 is 1.47 bits per heavy atom. The molecule has 0 heterocycles. The van der Waals surface area contributed by atoms with E-state index in [1.165, 1.54) is 25.3 Å². The molecule has 1 atom stereocenters. The van der Waals surface area contributed by atoms with Gasteiger partial charge in [-0.2, -0.15) is 0 Å². The summed E-state index contributed by atoms with van der Waals surface area (Å²) in [5.41, 5.74) is 0.755. The number of benzene rings is 1. The average molecular weight is 272 g/mol. The molecule has 3 heteroatoms. The molecule has 0 aliphatic heterocycles. The maximum absolute atomic E-state index is 13.6. The first-order chi connectivity index (χ1) is 7.16. The first-order valence-electron chi connectivity index (χ1n) is 5.38. The van der Waals surface area contributed by atoms with Crippen molar-refractivity contribution in [3.63, 3.8) is 0 Å². The highest BCUT2D eigenvalue weighted by Crippen LogP contribution is 2.25. The number of rotatable bonds is 3. The van der Waals surface area contributed by atoms with Gasteiger partial charge in [-0.3, -0.25) is 0 Å². The Morgan fingerprint density at radius 3 is 2.73 bits per heavy atom. The predicted octanol–water partition coefficient (Wildman–Crippen LogP) is 3.79. The first-order valence-corrected chi connectivity index (χ1v) is 6.17. The fourth-order valence-corrected chi connectivity index (χ4v) is 2.20. The Morgan fingerprint density at radius 2 is 2.20 bits per heavy atom. The minimum absolute atomic E-state index is 0.100. The molecule has 15 heavy (non-hydrogen) atoms. The highest BCUT2D eigenvalue weighted by molar-refractivity contribution is 9.10. The van der Waals surface area contributed by atoms with Gasteiger partial charge in [0.05, 0.1) is 0 Å². The van der Waals surface area contributed by atoms with E-state index in [0.29, 0.717) is 6.04 Å². The Kier molecular flexibility index (Phi) is 3.42. The Hall–Kier alpha value is -0.410. The smallest absolute Gasteiger partial charge is 0.129 e. The summed E-state index contributed by atoms with van der Waals surface area (Å²) >= 11 is 3.26. The van der Waals surface area contributed by atoms with E-state index in [-0.39, 0.29) is 11.9 Å². The lowest BCUT2D eigenvalue weighted by Crippen LogP contribution is -2.37. The van der Waals surface area contributed by atoms with Crippen LogP contribution in [0.15, 0.2) is 22.7 Å². The van der Waals surface area contributed by atoms with Gasteiger partial charge in [0, 0.05) is 22.1 Å². The SMILES string of the molecule is CC(NC1CCC1)c1ccc(Br)cc1F. The Balaban J connectivity index is 2.06. The van der Waals surface area contributed by atoms with E-state index >= 15 is 0 Å². The van der Waals surface area contributed by atoms with Crippen molar-refractivity contribution in [3.8, 4) is 0 Å². The lowest BCUT2D eigenvalue weighted by atomic mass is 9.92. The Bertz CT molecular complexity index is 349. The van der Waals surface area contributed by atoms with Crippen molar-refractivity contribution in [2.24, 2.45) is 0 Å². The summed E-state index contributed by atoms with van der Waals surface area (Å²) in [6, 6.07) is 5.94. The predicted molar refractivity (Wildman–Crippen MR) is 63.3 cm³/mol. The van der Waals surface area contributed by atoms with Gasteiger partial charge in [0.1, 0.15) is 5.82 Å². The van der Waals surface area contributed by atoms with Crippen molar-refractivity contribution in [3.05, 3.63) is 34.1 Å². The van der Waals surface area contributed by atoms with Crippen LogP contribution >= 0.6 is 15.9 Å². The van der Waals surface area contributed by atoms with E-state index in [2.05, 4.69) is 21.2 Å². The van der Waals surface area contributed by atoms with Crippen LogP contribution in [0, 0.1) is 5.82 Å². The van der Waals surface area contributed by atoms with Crippen molar-refractivity contribution < 1.29 is 4.39 Å². The summed E-state index contributed by atoms with van der Waals surface area (Å²) in [6.45, 7) is 2.02. The maximum Gasteiger partial charge on any atom is 0.129 e. The van der Waals surface area contributed by atoms with Gasteiger partial charge in [-0.15, -0.1) is 0 Å². The van der Waals surface area contributed by atoms with Gasteiger partial charge in [0.2, 0.25) is 0 Å².